The standard InChI is InChI=1S/C15H18N4O3/c20-13(10-19-14(21)4-5-15(19)22)17-11-6-8-18(9-11)12-3-1-2-7-16-12/h1-3,7,11H,4-6,8-10H2,(H,17,20). The summed E-state index contributed by atoms with van der Waals surface area (Å²) in [6.45, 7) is 1.34. The largest absolute Gasteiger partial charge is 0.354 e. The number of hydrogen-bond donors (Lipinski definition) is 1. The molecule has 1 atom stereocenters. The van der Waals surface area contributed by atoms with Gasteiger partial charge in [0.05, 0.1) is 0 Å². The Morgan fingerprint density at radius 2 is 2.05 bits per heavy atom. The van der Waals surface area contributed by atoms with Gasteiger partial charge in [0.1, 0.15) is 12.4 Å². The van der Waals surface area contributed by atoms with E-state index < -0.39 is 0 Å². The number of aromatic nitrogens is 1. The van der Waals surface area contributed by atoms with Crippen LogP contribution < -0.4 is 10.2 Å². The van der Waals surface area contributed by atoms with E-state index in [0.717, 1.165) is 23.7 Å². The van der Waals surface area contributed by atoms with Gasteiger partial charge < -0.3 is 10.2 Å². The third-order valence-corrected chi connectivity index (χ3v) is 3.98. The maximum Gasteiger partial charge on any atom is 0.240 e. The summed E-state index contributed by atoms with van der Waals surface area (Å²) in [6, 6.07) is 5.75. The zero-order valence-corrected chi connectivity index (χ0v) is 12.2. The highest BCUT2D eigenvalue weighted by atomic mass is 16.2. The van der Waals surface area contributed by atoms with Gasteiger partial charge in [-0.05, 0) is 18.6 Å². The second-order valence-electron chi connectivity index (χ2n) is 5.56. The number of amides is 3. The van der Waals surface area contributed by atoms with E-state index in [1.54, 1.807) is 6.20 Å². The van der Waals surface area contributed by atoms with Crippen molar-refractivity contribution in [3.8, 4) is 0 Å². The van der Waals surface area contributed by atoms with E-state index in [2.05, 4.69) is 15.2 Å². The number of anilines is 1. The molecular formula is C15H18N4O3. The summed E-state index contributed by atoms with van der Waals surface area (Å²) in [5, 5.41) is 2.89. The van der Waals surface area contributed by atoms with Crippen LogP contribution in [0, 0.1) is 0 Å². The van der Waals surface area contributed by atoms with Crippen LogP contribution in [0.3, 0.4) is 0 Å². The topological polar surface area (TPSA) is 82.6 Å². The first kappa shape index (κ1) is 14.5. The Bertz CT molecular complexity index is 574. The van der Waals surface area contributed by atoms with Crippen molar-refractivity contribution in [2.75, 3.05) is 24.5 Å². The number of nitrogens with one attached hydrogen (secondary N) is 1. The molecule has 0 aliphatic carbocycles. The molecule has 116 valence electrons. The van der Waals surface area contributed by atoms with E-state index in [1.165, 1.54) is 0 Å². The second kappa shape index (κ2) is 6.13. The van der Waals surface area contributed by atoms with Crippen LogP contribution in [0.25, 0.3) is 0 Å². The molecule has 0 saturated carbocycles. The number of pyridine rings is 1. The fourth-order valence-electron chi connectivity index (χ4n) is 2.84. The van der Waals surface area contributed by atoms with Crippen LogP contribution in [0.4, 0.5) is 5.82 Å². The summed E-state index contributed by atoms with van der Waals surface area (Å²) in [6.07, 6.45) is 2.99. The molecule has 2 saturated heterocycles. The lowest BCUT2D eigenvalue weighted by molar-refractivity contribution is -0.142. The molecule has 1 aromatic heterocycles. The molecule has 3 amide bonds. The Labute approximate surface area is 128 Å². The van der Waals surface area contributed by atoms with Crippen molar-refractivity contribution >= 4 is 23.5 Å². The van der Waals surface area contributed by atoms with Crippen LogP contribution in [0.1, 0.15) is 19.3 Å². The van der Waals surface area contributed by atoms with Gasteiger partial charge in [0.25, 0.3) is 0 Å². The van der Waals surface area contributed by atoms with Gasteiger partial charge >= 0.3 is 0 Å². The van der Waals surface area contributed by atoms with Gasteiger partial charge in [-0.25, -0.2) is 4.98 Å². The van der Waals surface area contributed by atoms with E-state index in [0.29, 0.717) is 6.54 Å². The third-order valence-electron chi connectivity index (χ3n) is 3.98. The lowest BCUT2D eigenvalue weighted by atomic mass is 10.2. The van der Waals surface area contributed by atoms with Gasteiger partial charge in [-0.15, -0.1) is 0 Å². The molecule has 1 aromatic rings. The molecule has 7 heteroatoms. The predicted molar refractivity (Wildman–Crippen MR) is 79.0 cm³/mol. The molecular weight excluding hydrogens is 284 g/mol. The van der Waals surface area contributed by atoms with Crippen LogP contribution in [0.15, 0.2) is 24.4 Å². The van der Waals surface area contributed by atoms with Gasteiger partial charge in [0.15, 0.2) is 0 Å². The zero-order chi connectivity index (χ0) is 15.5. The smallest absolute Gasteiger partial charge is 0.240 e. The van der Waals surface area contributed by atoms with Crippen LogP contribution in [0.2, 0.25) is 0 Å². The Morgan fingerprint density at radius 1 is 1.27 bits per heavy atom. The molecule has 22 heavy (non-hydrogen) atoms. The molecule has 3 heterocycles. The molecule has 0 spiro atoms. The maximum atomic E-state index is 12.0. The predicted octanol–water partition coefficient (Wildman–Crippen LogP) is -0.0745. The first-order chi connectivity index (χ1) is 10.6. The fourth-order valence-corrected chi connectivity index (χ4v) is 2.84. The van der Waals surface area contributed by atoms with Crippen molar-refractivity contribution in [1.29, 1.82) is 0 Å². The quantitative estimate of drug-likeness (QED) is 0.787. The van der Waals surface area contributed by atoms with E-state index in [9.17, 15) is 14.4 Å². The van der Waals surface area contributed by atoms with E-state index in [-0.39, 0.29) is 43.1 Å². The minimum absolute atomic E-state index is 0.0160. The summed E-state index contributed by atoms with van der Waals surface area (Å²) in [7, 11) is 0. The lowest BCUT2D eigenvalue weighted by Gasteiger charge is -2.19. The molecule has 0 radical (unpaired) electrons. The van der Waals surface area contributed by atoms with Crippen molar-refractivity contribution in [2.45, 2.75) is 25.3 Å². The number of rotatable bonds is 4. The second-order valence-corrected chi connectivity index (χ2v) is 5.56. The number of nitrogens with zero attached hydrogens (tertiary/aromatic N) is 3. The van der Waals surface area contributed by atoms with Gasteiger partial charge in [-0.3, -0.25) is 19.3 Å². The summed E-state index contributed by atoms with van der Waals surface area (Å²) in [4.78, 5) is 42.4. The average molecular weight is 302 g/mol. The molecule has 7 nitrogen and oxygen atoms in total. The van der Waals surface area contributed by atoms with Crippen LogP contribution in [-0.4, -0.2) is 53.3 Å². The molecule has 0 bridgehead atoms. The lowest BCUT2D eigenvalue weighted by Crippen LogP contribution is -2.44. The molecule has 3 rings (SSSR count). The molecule has 2 fully saturated rings. The summed E-state index contributed by atoms with van der Waals surface area (Å²) >= 11 is 0. The van der Waals surface area contributed by atoms with Crippen molar-refractivity contribution in [3.63, 3.8) is 0 Å². The Kier molecular flexibility index (Phi) is 4.04. The Morgan fingerprint density at radius 3 is 2.73 bits per heavy atom. The van der Waals surface area contributed by atoms with Gasteiger partial charge in [-0.2, -0.15) is 0 Å². The van der Waals surface area contributed by atoms with Crippen LogP contribution in [0.5, 0.6) is 0 Å². The zero-order valence-electron chi connectivity index (χ0n) is 12.2. The van der Waals surface area contributed by atoms with Crippen molar-refractivity contribution < 1.29 is 14.4 Å². The fraction of sp³-hybridized carbons (Fsp3) is 0.467. The van der Waals surface area contributed by atoms with E-state index >= 15 is 0 Å². The number of carbonyl (C=O) groups excluding carboxylic acids is 3. The molecule has 0 aromatic carbocycles. The highest BCUT2D eigenvalue weighted by Crippen LogP contribution is 2.17. The summed E-state index contributed by atoms with van der Waals surface area (Å²) < 4.78 is 0. The number of likely N-dealkylation sites (tertiary alicyclic amines) is 1. The van der Waals surface area contributed by atoms with Gasteiger partial charge in [-0.1, -0.05) is 6.07 Å². The monoisotopic (exact) mass is 302 g/mol. The molecule has 1 N–H and O–H groups in total. The summed E-state index contributed by atoms with van der Waals surface area (Å²) in [5.41, 5.74) is 0. The van der Waals surface area contributed by atoms with Crippen LogP contribution in [-0.2, 0) is 14.4 Å². The van der Waals surface area contributed by atoms with Crippen molar-refractivity contribution in [1.82, 2.24) is 15.2 Å². The normalized spacial score (nSPS) is 21.5. The molecule has 1 unspecified atom stereocenters. The summed E-state index contributed by atoms with van der Waals surface area (Å²) in [5.74, 6) is 0.0870. The highest BCUT2D eigenvalue weighted by molar-refractivity contribution is 6.04. The van der Waals surface area contributed by atoms with Crippen molar-refractivity contribution in [2.24, 2.45) is 0 Å². The molecule has 2 aliphatic heterocycles. The average Bonchev–Trinajstić information content (AvgIpc) is 3.10. The first-order valence-electron chi connectivity index (χ1n) is 7.42. The van der Waals surface area contributed by atoms with Gasteiger partial charge in [0, 0.05) is 38.2 Å². The third kappa shape index (κ3) is 3.08. The van der Waals surface area contributed by atoms with Crippen LogP contribution >= 0.6 is 0 Å². The minimum atomic E-state index is -0.281. The van der Waals surface area contributed by atoms with Crippen molar-refractivity contribution in [3.05, 3.63) is 24.4 Å². The SMILES string of the molecule is O=C(CN1C(=O)CCC1=O)NC1CCN(c2ccccn2)C1. The number of carbonyl (C=O) groups is 3. The molecule has 2 aliphatic rings. The number of imide groups is 1. The minimum Gasteiger partial charge on any atom is -0.354 e. The number of hydrogen-bond acceptors (Lipinski definition) is 5. The van der Waals surface area contributed by atoms with E-state index in [1.807, 2.05) is 18.2 Å². The van der Waals surface area contributed by atoms with Gasteiger partial charge in [0.2, 0.25) is 17.7 Å². The highest BCUT2D eigenvalue weighted by Gasteiger charge is 2.31. The first-order valence-corrected chi connectivity index (χ1v) is 7.42. The van der Waals surface area contributed by atoms with E-state index in [4.69, 9.17) is 0 Å². The Balaban J connectivity index is 1.51. The Hall–Kier alpha value is -2.44. The maximum absolute atomic E-state index is 12.0.